The fourth-order valence-corrected chi connectivity index (χ4v) is 5.97. The van der Waals surface area contributed by atoms with Crippen LogP contribution < -0.4 is 16.4 Å². The molecular weight excluding hydrogens is 432 g/mol. The lowest BCUT2D eigenvalue weighted by Crippen LogP contribution is -2.53. The van der Waals surface area contributed by atoms with E-state index in [4.69, 9.17) is 5.73 Å². The molecule has 4 unspecified atom stereocenters. The molecule has 4 atom stereocenters. The second-order valence-corrected chi connectivity index (χ2v) is 9.59. The van der Waals surface area contributed by atoms with E-state index in [9.17, 15) is 19.2 Å². The second-order valence-electron chi connectivity index (χ2n) is 9.59. The molecule has 4 amide bonds. The number of nitrogens with zero attached hydrogens (tertiary/aromatic N) is 1. The number of fused-ring (bicyclic) bond motifs is 4. The maximum absolute atomic E-state index is 13.8. The van der Waals surface area contributed by atoms with Gasteiger partial charge in [-0.05, 0) is 37.8 Å². The maximum atomic E-state index is 13.8. The molecule has 5 rings (SSSR count). The van der Waals surface area contributed by atoms with E-state index < -0.39 is 29.3 Å². The van der Waals surface area contributed by atoms with Crippen molar-refractivity contribution in [2.75, 3.05) is 11.9 Å². The summed E-state index contributed by atoms with van der Waals surface area (Å²) in [5.41, 5.74) is 8.29. The predicted octanol–water partition coefficient (Wildman–Crippen LogP) is 1.53. The Morgan fingerprint density at radius 2 is 1.82 bits per heavy atom. The zero-order chi connectivity index (χ0) is 24.2. The van der Waals surface area contributed by atoms with Gasteiger partial charge in [-0.2, -0.15) is 0 Å². The molecule has 3 aliphatic heterocycles. The lowest BCUT2D eigenvalue weighted by Gasteiger charge is -2.30. The molecule has 0 bridgehead atoms. The second kappa shape index (κ2) is 8.06. The topological polar surface area (TPSA) is 122 Å². The van der Waals surface area contributed by atoms with Crippen LogP contribution in [0.15, 0.2) is 42.5 Å². The van der Waals surface area contributed by atoms with Gasteiger partial charge in [-0.15, -0.1) is 0 Å². The highest BCUT2D eigenvalue weighted by Crippen LogP contribution is 2.54. The Morgan fingerprint density at radius 1 is 1.09 bits per heavy atom. The van der Waals surface area contributed by atoms with Crippen LogP contribution >= 0.6 is 0 Å². The zero-order valence-electron chi connectivity index (χ0n) is 19.3. The number of imide groups is 1. The molecule has 0 aliphatic carbocycles. The van der Waals surface area contributed by atoms with Crippen LogP contribution in [0.1, 0.15) is 35.1 Å². The number of aryl methyl sites for hydroxylation is 2. The van der Waals surface area contributed by atoms with Gasteiger partial charge in [0, 0.05) is 30.3 Å². The third kappa shape index (κ3) is 3.24. The minimum Gasteiger partial charge on any atom is -0.370 e. The fourth-order valence-electron chi connectivity index (χ4n) is 5.97. The smallest absolute Gasteiger partial charge is 0.250 e. The average Bonchev–Trinajstić information content (AvgIpc) is 3.37. The first-order valence-electron chi connectivity index (χ1n) is 11.6. The van der Waals surface area contributed by atoms with Crippen molar-refractivity contribution >= 4 is 29.3 Å². The van der Waals surface area contributed by atoms with Gasteiger partial charge in [-0.25, -0.2) is 0 Å². The van der Waals surface area contributed by atoms with E-state index in [1.807, 2.05) is 56.3 Å². The predicted molar refractivity (Wildman–Crippen MR) is 125 cm³/mol. The van der Waals surface area contributed by atoms with Gasteiger partial charge in [0.05, 0.1) is 11.8 Å². The van der Waals surface area contributed by atoms with Crippen LogP contribution in [0.2, 0.25) is 0 Å². The molecule has 1 spiro atoms. The van der Waals surface area contributed by atoms with Gasteiger partial charge in [0.2, 0.25) is 23.6 Å². The van der Waals surface area contributed by atoms with E-state index in [1.165, 1.54) is 4.90 Å². The highest BCUT2D eigenvalue weighted by atomic mass is 16.2. The molecule has 0 saturated carbocycles. The number of rotatable bonds is 6. The summed E-state index contributed by atoms with van der Waals surface area (Å²) in [5, 5.41) is 6.31. The van der Waals surface area contributed by atoms with Gasteiger partial charge in [0.25, 0.3) is 0 Å². The molecule has 2 saturated heterocycles. The molecule has 8 heteroatoms. The quantitative estimate of drug-likeness (QED) is 0.565. The number of amides is 4. The minimum atomic E-state index is -1.35. The van der Waals surface area contributed by atoms with Crippen LogP contribution in [0.5, 0.6) is 0 Å². The summed E-state index contributed by atoms with van der Waals surface area (Å²) in [4.78, 5) is 53.7. The number of hydrogen-bond acceptors (Lipinski definition) is 5. The Bertz CT molecular complexity index is 1210. The van der Waals surface area contributed by atoms with Crippen molar-refractivity contribution in [2.45, 2.75) is 44.7 Å². The van der Waals surface area contributed by atoms with Crippen molar-refractivity contribution in [2.24, 2.45) is 17.6 Å². The number of likely N-dealkylation sites (tertiary alicyclic amines) is 1. The summed E-state index contributed by atoms with van der Waals surface area (Å²) >= 11 is 0. The summed E-state index contributed by atoms with van der Waals surface area (Å²) in [7, 11) is 0. The molecule has 8 nitrogen and oxygen atoms in total. The summed E-state index contributed by atoms with van der Waals surface area (Å²) in [6, 6.07) is 13.0. The number of anilines is 1. The van der Waals surface area contributed by atoms with Crippen LogP contribution in [0, 0.1) is 25.7 Å². The largest absolute Gasteiger partial charge is 0.370 e. The van der Waals surface area contributed by atoms with Crippen molar-refractivity contribution in [3.8, 4) is 0 Å². The van der Waals surface area contributed by atoms with Crippen LogP contribution in [0.4, 0.5) is 5.69 Å². The first kappa shape index (κ1) is 22.3. The Kier molecular flexibility index (Phi) is 5.28. The van der Waals surface area contributed by atoms with Crippen LogP contribution in [-0.4, -0.2) is 41.1 Å². The van der Waals surface area contributed by atoms with Crippen LogP contribution in [-0.2, 0) is 31.1 Å². The van der Waals surface area contributed by atoms with E-state index in [2.05, 4.69) is 10.6 Å². The van der Waals surface area contributed by atoms with Gasteiger partial charge >= 0.3 is 0 Å². The number of hydrogen-bond donors (Lipinski definition) is 3. The lowest BCUT2D eigenvalue weighted by molar-refractivity contribution is -0.142. The Hall–Kier alpha value is -3.52. The van der Waals surface area contributed by atoms with E-state index >= 15 is 0 Å². The molecular formula is C26H28N4O4. The first-order chi connectivity index (χ1) is 16.2. The third-order valence-corrected chi connectivity index (χ3v) is 7.43. The normalized spacial score (nSPS) is 27.3. The highest BCUT2D eigenvalue weighted by molar-refractivity contribution is 6.15. The molecule has 34 heavy (non-hydrogen) atoms. The van der Waals surface area contributed by atoms with Crippen LogP contribution in [0.25, 0.3) is 0 Å². The third-order valence-electron chi connectivity index (χ3n) is 7.43. The summed E-state index contributed by atoms with van der Waals surface area (Å²) in [6.45, 7) is 4.10. The summed E-state index contributed by atoms with van der Waals surface area (Å²) in [5.74, 6) is -3.08. The monoisotopic (exact) mass is 460 g/mol. The molecule has 0 aromatic heterocycles. The Balaban J connectivity index is 1.55. The first-order valence-corrected chi connectivity index (χ1v) is 11.6. The Morgan fingerprint density at radius 3 is 2.53 bits per heavy atom. The van der Waals surface area contributed by atoms with Gasteiger partial charge in [0.15, 0.2) is 0 Å². The average molecular weight is 461 g/mol. The van der Waals surface area contributed by atoms with Gasteiger partial charge in [0.1, 0.15) is 5.54 Å². The van der Waals surface area contributed by atoms with Gasteiger partial charge < -0.3 is 11.1 Å². The van der Waals surface area contributed by atoms with Gasteiger partial charge in [-0.1, -0.05) is 48.0 Å². The van der Waals surface area contributed by atoms with E-state index in [1.54, 1.807) is 0 Å². The zero-order valence-corrected chi connectivity index (χ0v) is 19.3. The van der Waals surface area contributed by atoms with Crippen molar-refractivity contribution < 1.29 is 19.2 Å². The fraction of sp³-hybridized carbons (Fsp3) is 0.385. The summed E-state index contributed by atoms with van der Waals surface area (Å²) < 4.78 is 0. The maximum Gasteiger partial charge on any atom is 0.250 e. The van der Waals surface area contributed by atoms with Crippen molar-refractivity contribution in [3.63, 3.8) is 0 Å². The molecule has 2 aromatic rings. The molecule has 0 radical (unpaired) electrons. The standard InChI is InChI=1S/C26H28N4O4/c1-14-12-15(2)22-17(13-14)26(25(34)28-22)21-20(18(29-26)8-9-19(27)31)23(32)30(24(21)33)11-10-16-6-4-3-5-7-16/h3-7,12-13,18,20-21,29H,8-11H2,1-2H3,(H2,27,31)(H,28,34). The van der Waals surface area contributed by atoms with E-state index in [0.717, 1.165) is 16.7 Å². The number of nitrogens with one attached hydrogen (secondary N) is 2. The van der Waals surface area contributed by atoms with Crippen LogP contribution in [0.3, 0.4) is 0 Å². The van der Waals surface area contributed by atoms with Crippen molar-refractivity contribution in [3.05, 3.63) is 64.7 Å². The molecule has 3 heterocycles. The molecule has 3 aliphatic rings. The lowest BCUT2D eigenvalue weighted by atomic mass is 9.75. The minimum absolute atomic E-state index is 0.0593. The number of nitrogens with two attached hydrogens (primary N) is 1. The summed E-state index contributed by atoms with van der Waals surface area (Å²) in [6.07, 6.45) is 0.867. The Labute approximate surface area is 197 Å². The molecule has 2 fully saturated rings. The molecule has 176 valence electrons. The van der Waals surface area contributed by atoms with E-state index in [0.29, 0.717) is 17.7 Å². The number of carbonyl (C=O) groups is 4. The number of carbonyl (C=O) groups excluding carboxylic acids is 4. The number of benzene rings is 2. The van der Waals surface area contributed by atoms with Crippen molar-refractivity contribution in [1.82, 2.24) is 10.2 Å². The molecule has 2 aromatic carbocycles. The van der Waals surface area contributed by atoms with Gasteiger partial charge in [-0.3, -0.25) is 29.4 Å². The SMILES string of the molecule is Cc1cc(C)c2c(c1)C1(NC(CCC(N)=O)C3C(=O)N(CCc4ccccc4)C(=O)C31)C(=O)N2. The molecule has 4 N–H and O–H groups in total. The van der Waals surface area contributed by atoms with Crippen molar-refractivity contribution in [1.29, 1.82) is 0 Å². The van der Waals surface area contributed by atoms with E-state index in [-0.39, 0.29) is 37.1 Å². The number of primary amides is 1. The highest BCUT2D eigenvalue weighted by Gasteiger charge is 2.70.